The van der Waals surface area contributed by atoms with E-state index in [1.165, 1.54) is 0 Å². The molecule has 14 heteroatoms. The molecule has 0 aliphatic rings. The summed E-state index contributed by atoms with van der Waals surface area (Å²) in [6, 6.07) is 0. The summed E-state index contributed by atoms with van der Waals surface area (Å²) >= 11 is 0. The summed E-state index contributed by atoms with van der Waals surface area (Å²) in [5, 5.41) is 50.5. The van der Waals surface area contributed by atoms with Gasteiger partial charge in [-0.3, -0.25) is 14.6 Å². The molecule has 0 aromatic rings. The molecule has 0 unspecified atom stereocenters. The van der Waals surface area contributed by atoms with Crippen LogP contribution >= 0.6 is 0 Å². The summed E-state index contributed by atoms with van der Waals surface area (Å²) in [4.78, 5) is 0. The van der Waals surface area contributed by atoms with Crippen molar-refractivity contribution in [1.82, 2.24) is 0 Å². The molecule has 0 fully saturated rings. The van der Waals surface area contributed by atoms with E-state index in [9.17, 15) is 0 Å². The van der Waals surface area contributed by atoms with Crippen LogP contribution < -0.4 is 30.1 Å². The van der Waals surface area contributed by atoms with Gasteiger partial charge in [0.15, 0.2) is 0 Å². The zero-order valence-electron chi connectivity index (χ0n) is 4.74. The Morgan fingerprint density at radius 2 is 0.429 bits per heavy atom. The Hall–Kier alpha value is 3.24. The quantitative estimate of drug-likeness (QED) is 0.407. The zero-order valence-corrected chi connectivity index (χ0v) is 8.28. The van der Waals surface area contributed by atoms with Gasteiger partial charge in [0.25, 0.3) is 0 Å². The number of hydrogen-bond acceptors (Lipinski definition) is 6. The Labute approximate surface area is 151 Å². The normalized spacial score (nSPS) is 3.86. The van der Waals surface area contributed by atoms with Gasteiger partial charge in [-0.2, -0.15) is 0 Å². The summed E-state index contributed by atoms with van der Waals surface area (Å²) in [7, 11) is -5.83. The van der Waals surface area contributed by atoms with Gasteiger partial charge in [0.2, 0.25) is 0 Å². The molecule has 69 valence electrons. The van der Waals surface area contributed by atoms with E-state index in [2.05, 4.69) is 0 Å². The third-order valence-corrected chi connectivity index (χ3v) is 0. The summed E-state index contributed by atoms with van der Waals surface area (Å²) in [5.41, 5.74) is 0. The van der Waals surface area contributed by atoms with E-state index in [1.807, 2.05) is 0 Å². The molecule has 0 bridgehead atoms. The van der Waals surface area contributed by atoms with Crippen molar-refractivity contribution >= 4 is 71.2 Å². The smallest absolute Gasteiger partial charge is 0.907 e. The maximum atomic E-state index is 8.42. The van der Waals surface area contributed by atoms with Crippen LogP contribution in [0.1, 0.15) is 0 Å². The Balaban J connectivity index is -0.00000000600. The average Bonchev–Trinajstić information content (AvgIpc) is 1.25. The van der Waals surface area contributed by atoms with E-state index in [-0.39, 0.29) is 108 Å². The Morgan fingerprint density at radius 3 is 0.429 bits per heavy atom. The average molecular weight is 306 g/mol. The predicted molar refractivity (Wildman–Crippen MR) is 33.0 cm³/mol. The van der Waals surface area contributed by atoms with Crippen LogP contribution in [0.15, 0.2) is 0 Å². The van der Waals surface area contributed by atoms with E-state index in [0.717, 1.165) is 0 Å². The van der Waals surface area contributed by atoms with Crippen molar-refractivity contribution in [3.8, 4) is 0 Å². The first-order valence-electron chi connectivity index (χ1n) is 1.41. The monoisotopic (exact) mass is 307 g/mol. The van der Waals surface area contributed by atoms with E-state index in [1.54, 1.807) is 0 Å². The standard InChI is InChI=1S/2BO3.3Li.3Mn.3H/c2*2-1(3)4;;;;;;;;;/q2*-3;;;;3*+2;;;. The number of hydrogen-bond donors (Lipinski definition) is 0. The Bertz CT molecular complexity index is 41.8. The van der Waals surface area contributed by atoms with Crippen LogP contribution in [-0.2, 0) is 51.2 Å². The third kappa shape index (κ3) is 294. The molecule has 0 saturated carbocycles. The van der Waals surface area contributed by atoms with Crippen molar-refractivity contribution in [2.45, 2.75) is 0 Å². The van der Waals surface area contributed by atoms with Crippen molar-refractivity contribution < 1.29 is 81.4 Å². The summed E-state index contributed by atoms with van der Waals surface area (Å²) in [6.45, 7) is 0. The Morgan fingerprint density at radius 1 is 0.429 bits per heavy atom. The van der Waals surface area contributed by atoms with Gasteiger partial charge in [-0.05, 0) is 0 Å². The minimum Gasteiger partial charge on any atom is -0.907 e. The molecule has 0 aromatic carbocycles. The maximum absolute atomic E-state index is 8.42. The van der Waals surface area contributed by atoms with Crippen LogP contribution in [0.25, 0.3) is 0 Å². The van der Waals surface area contributed by atoms with E-state index < -0.39 is 14.6 Å². The largest absolute Gasteiger partial charge is 2.00 e. The van der Waals surface area contributed by atoms with Crippen molar-refractivity contribution in [3.63, 3.8) is 0 Å². The van der Waals surface area contributed by atoms with Crippen molar-refractivity contribution in [2.24, 2.45) is 0 Å². The minimum atomic E-state index is -2.92. The van der Waals surface area contributed by atoms with Crippen molar-refractivity contribution in [1.29, 1.82) is 0 Å². The number of rotatable bonds is 0. The molecule has 0 saturated heterocycles. The van der Waals surface area contributed by atoms with Gasteiger partial charge >= 0.3 is 108 Å². The molecular formula is H3B2Li3Mn3O6. The third-order valence-electron chi connectivity index (χ3n) is 0. The summed E-state index contributed by atoms with van der Waals surface area (Å²) in [6.07, 6.45) is 0. The van der Waals surface area contributed by atoms with Crippen LogP contribution in [0, 0.1) is 0 Å². The minimum absolute atomic E-state index is 0. The molecule has 0 aliphatic carbocycles. The van der Waals surface area contributed by atoms with E-state index >= 15 is 0 Å². The van der Waals surface area contributed by atoms with Crippen LogP contribution in [0.3, 0.4) is 0 Å². The van der Waals surface area contributed by atoms with Gasteiger partial charge in [-0.25, -0.2) is 0 Å². The fourth-order valence-electron chi connectivity index (χ4n) is 0. The molecule has 14 heavy (non-hydrogen) atoms. The predicted octanol–water partition coefficient (Wildman–Crippen LogP) is -9.85. The Kier molecular flexibility index (Phi) is 168. The van der Waals surface area contributed by atoms with Gasteiger partial charge in [0, 0.05) is 0 Å². The molecule has 0 aliphatic heterocycles. The second kappa shape index (κ2) is 44.2. The molecule has 0 heterocycles. The van der Waals surface area contributed by atoms with Gasteiger partial charge in [0.1, 0.15) is 0 Å². The van der Waals surface area contributed by atoms with Crippen molar-refractivity contribution in [3.05, 3.63) is 0 Å². The molecular weight excluding hydrogens is 303 g/mol. The molecule has 0 atom stereocenters. The zero-order chi connectivity index (χ0) is 7.15. The van der Waals surface area contributed by atoms with Crippen LogP contribution in [0.4, 0.5) is 0 Å². The van der Waals surface area contributed by atoms with Crippen molar-refractivity contribution in [2.75, 3.05) is 0 Å². The van der Waals surface area contributed by atoms with E-state index in [4.69, 9.17) is 30.1 Å². The summed E-state index contributed by atoms with van der Waals surface area (Å²) < 4.78 is 0. The first kappa shape index (κ1) is 53.3. The van der Waals surface area contributed by atoms with Crippen LogP contribution in [0.2, 0.25) is 0 Å². The summed E-state index contributed by atoms with van der Waals surface area (Å²) in [5.74, 6) is 0. The van der Waals surface area contributed by atoms with Gasteiger partial charge in [-0.1, -0.05) is 0 Å². The fraction of sp³-hybridized carbons (Fsp3) is 0. The second-order valence-electron chi connectivity index (χ2n) is 0.577. The second-order valence-corrected chi connectivity index (χ2v) is 0.577. The molecule has 0 rings (SSSR count). The molecule has 3 radical (unpaired) electrons. The van der Waals surface area contributed by atoms with E-state index in [0.29, 0.717) is 0 Å². The van der Waals surface area contributed by atoms with Gasteiger partial charge in [-0.15, -0.1) is 0 Å². The van der Waals surface area contributed by atoms with Gasteiger partial charge < -0.3 is 30.1 Å². The van der Waals surface area contributed by atoms with Crippen LogP contribution in [0.5, 0.6) is 0 Å². The van der Waals surface area contributed by atoms with Gasteiger partial charge in [0.05, 0.1) is 0 Å². The first-order chi connectivity index (χ1) is 3.46. The SMILES string of the molecule is [LiH].[LiH].[LiH].[Mn+2].[Mn+2].[Mn+2].[O-]B([O-])[O-].[O-]B([O-])[O-]. The molecule has 6 nitrogen and oxygen atoms in total. The fourth-order valence-corrected chi connectivity index (χ4v) is 0. The topological polar surface area (TPSA) is 138 Å². The van der Waals surface area contributed by atoms with Crippen LogP contribution in [-0.4, -0.2) is 71.2 Å². The molecule has 0 spiro atoms. The molecule has 0 aromatic heterocycles. The molecule has 0 N–H and O–H groups in total. The first-order valence-corrected chi connectivity index (χ1v) is 1.41. The molecule has 0 amide bonds. The maximum Gasteiger partial charge on any atom is 2.00 e.